The Morgan fingerprint density at radius 1 is 0.741 bits per heavy atom. The molecule has 0 heterocycles. The molecule has 3 rings (SSSR count). The van der Waals surface area contributed by atoms with Gasteiger partial charge in [-0.15, -0.1) is 0 Å². The Kier molecular flexibility index (Phi) is 7.58. The van der Waals surface area contributed by atoms with Crippen molar-refractivity contribution in [2.75, 3.05) is 0 Å². The van der Waals surface area contributed by atoms with Gasteiger partial charge in [-0.3, -0.25) is 0 Å². The fourth-order valence-corrected chi connectivity index (χ4v) is 4.14. The Labute approximate surface area is 166 Å². The minimum absolute atomic E-state index is 0.570. The summed E-state index contributed by atoms with van der Waals surface area (Å²) in [5, 5.41) is 0. The Hall–Kier alpha value is -2.00. The van der Waals surface area contributed by atoms with E-state index in [0.29, 0.717) is 5.92 Å². The molecule has 0 heteroatoms. The smallest absolute Gasteiger partial charge is 0.0245 e. The molecule has 2 aromatic rings. The lowest BCUT2D eigenvalue weighted by Gasteiger charge is -2.26. The van der Waals surface area contributed by atoms with Crippen LogP contribution in [0.2, 0.25) is 0 Å². The number of rotatable bonds is 6. The highest BCUT2D eigenvalue weighted by Crippen LogP contribution is 2.35. The second-order valence-corrected chi connectivity index (χ2v) is 8.11. The lowest BCUT2D eigenvalue weighted by atomic mass is 9.78. The zero-order valence-corrected chi connectivity index (χ0v) is 17.1. The summed E-state index contributed by atoms with van der Waals surface area (Å²) in [7, 11) is 0. The van der Waals surface area contributed by atoms with Crippen LogP contribution in [0.5, 0.6) is 0 Å². The quantitative estimate of drug-likeness (QED) is 0.475. The van der Waals surface area contributed by atoms with E-state index in [1.165, 1.54) is 73.6 Å². The van der Waals surface area contributed by atoms with Crippen LogP contribution in [0, 0.1) is 17.8 Å². The summed E-state index contributed by atoms with van der Waals surface area (Å²) in [4.78, 5) is 0. The predicted molar refractivity (Wildman–Crippen MR) is 117 cm³/mol. The van der Waals surface area contributed by atoms with Gasteiger partial charge in [0, 0.05) is 11.5 Å². The Morgan fingerprint density at radius 2 is 1.37 bits per heavy atom. The molecule has 1 saturated carbocycles. The molecular weight excluding hydrogens is 324 g/mol. The third-order valence-corrected chi connectivity index (χ3v) is 5.91. The minimum atomic E-state index is 0.570. The van der Waals surface area contributed by atoms with Gasteiger partial charge >= 0.3 is 0 Å². The average molecular weight is 359 g/mol. The van der Waals surface area contributed by atoms with Crippen LogP contribution in [-0.4, -0.2) is 0 Å². The lowest BCUT2D eigenvalue weighted by Crippen LogP contribution is -2.12. The van der Waals surface area contributed by atoms with E-state index in [2.05, 4.69) is 74.2 Å². The van der Waals surface area contributed by atoms with Crippen LogP contribution < -0.4 is 0 Å². The largest absolute Gasteiger partial charge is 0.0945 e. The molecule has 0 radical (unpaired) electrons. The normalized spacial score (nSPS) is 19.3. The highest BCUT2D eigenvalue weighted by Gasteiger charge is 2.21. The van der Waals surface area contributed by atoms with Crippen LogP contribution >= 0.6 is 0 Å². The number of hydrogen-bond acceptors (Lipinski definition) is 0. The van der Waals surface area contributed by atoms with Crippen molar-refractivity contribution in [3.05, 3.63) is 70.8 Å². The summed E-state index contributed by atoms with van der Waals surface area (Å²) < 4.78 is 0. The molecule has 0 amide bonds. The van der Waals surface area contributed by atoms with Crippen molar-refractivity contribution < 1.29 is 0 Å². The van der Waals surface area contributed by atoms with Crippen LogP contribution in [0.1, 0.15) is 87.0 Å². The van der Waals surface area contributed by atoms with Gasteiger partial charge in [-0.05, 0) is 79.7 Å². The number of aryl methyl sites for hydroxylation is 2. The standard InChI is InChI=1S/C27H34/c1-3-5-7-23-14-18-26(19-15-23)27-20-16-25(17-21-27)13-12-24-10-8-22(6-4-2)9-11-24/h8-11,14-15,18-19,25,27H,3-7,16-17,20-21H2,1-2H3/t25-,27-. The van der Waals surface area contributed by atoms with Gasteiger partial charge in [-0.1, -0.05) is 74.9 Å². The molecule has 2 aromatic carbocycles. The van der Waals surface area contributed by atoms with Gasteiger partial charge in [0.05, 0.1) is 0 Å². The van der Waals surface area contributed by atoms with Crippen LogP contribution in [0.4, 0.5) is 0 Å². The van der Waals surface area contributed by atoms with Crippen molar-refractivity contribution in [1.82, 2.24) is 0 Å². The highest BCUT2D eigenvalue weighted by atomic mass is 14.2. The van der Waals surface area contributed by atoms with Crippen LogP contribution in [0.25, 0.3) is 0 Å². The third-order valence-electron chi connectivity index (χ3n) is 5.91. The molecular formula is C27H34. The monoisotopic (exact) mass is 358 g/mol. The summed E-state index contributed by atoms with van der Waals surface area (Å²) in [6.45, 7) is 4.49. The van der Waals surface area contributed by atoms with E-state index in [0.717, 1.165) is 12.3 Å². The molecule has 0 N–H and O–H groups in total. The second kappa shape index (κ2) is 10.4. The molecule has 0 saturated heterocycles. The molecule has 0 bridgehead atoms. The lowest BCUT2D eigenvalue weighted by molar-refractivity contribution is 0.384. The minimum Gasteiger partial charge on any atom is -0.0945 e. The summed E-state index contributed by atoms with van der Waals surface area (Å²) in [6.07, 6.45) is 11.2. The van der Waals surface area contributed by atoms with Crippen molar-refractivity contribution in [2.24, 2.45) is 5.92 Å². The zero-order valence-electron chi connectivity index (χ0n) is 17.1. The average Bonchev–Trinajstić information content (AvgIpc) is 2.73. The van der Waals surface area contributed by atoms with Crippen molar-refractivity contribution in [3.8, 4) is 11.8 Å². The van der Waals surface area contributed by atoms with Gasteiger partial charge in [-0.2, -0.15) is 0 Å². The van der Waals surface area contributed by atoms with Crippen molar-refractivity contribution in [1.29, 1.82) is 0 Å². The van der Waals surface area contributed by atoms with E-state index in [4.69, 9.17) is 0 Å². The molecule has 1 aliphatic rings. The van der Waals surface area contributed by atoms with E-state index < -0.39 is 0 Å². The van der Waals surface area contributed by atoms with E-state index in [-0.39, 0.29) is 0 Å². The van der Waals surface area contributed by atoms with Crippen LogP contribution in [0.3, 0.4) is 0 Å². The first-order valence-electron chi connectivity index (χ1n) is 11.0. The molecule has 0 atom stereocenters. The summed E-state index contributed by atoms with van der Waals surface area (Å²) >= 11 is 0. The van der Waals surface area contributed by atoms with Crippen LogP contribution in [0.15, 0.2) is 48.5 Å². The molecule has 0 aromatic heterocycles. The molecule has 0 nitrogen and oxygen atoms in total. The van der Waals surface area contributed by atoms with Gasteiger partial charge in [0.25, 0.3) is 0 Å². The molecule has 0 aliphatic heterocycles. The Balaban J connectivity index is 1.50. The highest BCUT2D eigenvalue weighted by molar-refractivity contribution is 5.37. The van der Waals surface area contributed by atoms with Gasteiger partial charge in [0.2, 0.25) is 0 Å². The van der Waals surface area contributed by atoms with Crippen molar-refractivity contribution >= 4 is 0 Å². The van der Waals surface area contributed by atoms with Gasteiger partial charge in [0.1, 0.15) is 0 Å². The fourth-order valence-electron chi connectivity index (χ4n) is 4.14. The Bertz CT molecular complexity index is 731. The van der Waals surface area contributed by atoms with Crippen molar-refractivity contribution in [2.45, 2.75) is 77.6 Å². The third kappa shape index (κ3) is 6.00. The van der Waals surface area contributed by atoms with E-state index in [9.17, 15) is 0 Å². The Morgan fingerprint density at radius 3 is 2.00 bits per heavy atom. The van der Waals surface area contributed by atoms with E-state index in [1.54, 1.807) is 0 Å². The first kappa shape index (κ1) is 19.8. The zero-order chi connectivity index (χ0) is 18.9. The summed E-state index contributed by atoms with van der Waals surface area (Å²) in [5.74, 6) is 8.26. The first-order valence-corrected chi connectivity index (χ1v) is 11.0. The molecule has 142 valence electrons. The predicted octanol–water partition coefficient (Wildman–Crippen LogP) is 7.31. The maximum absolute atomic E-state index is 3.54. The molecule has 27 heavy (non-hydrogen) atoms. The maximum atomic E-state index is 3.54. The van der Waals surface area contributed by atoms with Gasteiger partial charge < -0.3 is 0 Å². The number of benzene rings is 2. The summed E-state index contributed by atoms with van der Waals surface area (Å²) in [5.41, 5.74) is 5.61. The maximum Gasteiger partial charge on any atom is 0.0245 e. The van der Waals surface area contributed by atoms with Crippen molar-refractivity contribution in [3.63, 3.8) is 0 Å². The first-order chi connectivity index (χ1) is 13.3. The SMILES string of the molecule is CCCCc1ccc([C@H]2CC[C@H](C#Cc3ccc(CCC)cc3)CC2)cc1. The second-order valence-electron chi connectivity index (χ2n) is 8.11. The topological polar surface area (TPSA) is 0 Å². The van der Waals surface area contributed by atoms with Gasteiger partial charge in [-0.25, -0.2) is 0 Å². The molecule has 1 fully saturated rings. The summed E-state index contributed by atoms with van der Waals surface area (Å²) in [6, 6.07) is 18.3. The number of unbranched alkanes of at least 4 members (excludes halogenated alkanes) is 1. The van der Waals surface area contributed by atoms with E-state index >= 15 is 0 Å². The molecule has 1 aliphatic carbocycles. The van der Waals surface area contributed by atoms with Gasteiger partial charge in [0.15, 0.2) is 0 Å². The molecule has 0 unspecified atom stereocenters. The molecule has 0 spiro atoms. The van der Waals surface area contributed by atoms with E-state index in [1.807, 2.05) is 0 Å². The van der Waals surface area contributed by atoms with Crippen LogP contribution in [-0.2, 0) is 12.8 Å². The number of hydrogen-bond donors (Lipinski definition) is 0. The fraction of sp³-hybridized carbons (Fsp3) is 0.481.